The van der Waals surface area contributed by atoms with E-state index < -0.39 is 0 Å². The third-order valence-corrected chi connectivity index (χ3v) is 4.53. The number of methoxy groups -OCH3 is 1. The molecule has 2 atom stereocenters. The number of carbonyl (C=O) groups is 1. The van der Waals surface area contributed by atoms with Crippen LogP contribution in [0.1, 0.15) is 22.6 Å². The molecule has 1 aromatic heterocycles. The number of H-pyrrole nitrogens is 1. The number of aromatic amines is 1. The number of carbonyl (C=O) groups excluding carboxylic acids is 1. The Hall–Kier alpha value is -0.460. The second-order valence-electron chi connectivity index (χ2n) is 5.04. The highest BCUT2D eigenvalue weighted by molar-refractivity contribution is 6.44. The number of hydrogen-bond donors (Lipinski definition) is 3. The Balaban J connectivity index is 0.00000220. The summed E-state index contributed by atoms with van der Waals surface area (Å²) >= 11 is 12.1. The smallest absolute Gasteiger partial charge is 0.269 e. The van der Waals surface area contributed by atoms with Crippen LogP contribution in [0.3, 0.4) is 0 Å². The zero-order valence-electron chi connectivity index (χ0n) is 12.0. The van der Waals surface area contributed by atoms with Crippen molar-refractivity contribution in [1.29, 1.82) is 0 Å². The number of amides is 1. The topological polar surface area (TPSA) is 66.2 Å². The van der Waals surface area contributed by atoms with E-state index in [0.717, 1.165) is 19.5 Å². The molecule has 0 saturated carbocycles. The summed E-state index contributed by atoms with van der Waals surface area (Å²) in [6.07, 6.45) is 0.866. The molecule has 2 heterocycles. The maximum absolute atomic E-state index is 12.3. The van der Waals surface area contributed by atoms with Crippen LogP contribution < -0.4 is 10.6 Å². The minimum absolute atomic E-state index is 0. The van der Waals surface area contributed by atoms with E-state index in [0.29, 0.717) is 23.0 Å². The van der Waals surface area contributed by atoms with Crippen LogP contribution in [0.25, 0.3) is 0 Å². The number of ether oxygens (including phenoxy) is 1. The van der Waals surface area contributed by atoms with Gasteiger partial charge in [0.1, 0.15) is 5.69 Å². The van der Waals surface area contributed by atoms with E-state index in [1.54, 1.807) is 14.0 Å². The fourth-order valence-corrected chi connectivity index (χ4v) is 2.89. The van der Waals surface area contributed by atoms with Crippen molar-refractivity contribution in [2.75, 3.05) is 26.8 Å². The summed E-state index contributed by atoms with van der Waals surface area (Å²) in [6.45, 7) is 4.10. The first kappa shape index (κ1) is 18.6. The molecule has 21 heavy (non-hydrogen) atoms. The van der Waals surface area contributed by atoms with E-state index in [9.17, 15) is 4.79 Å². The lowest BCUT2D eigenvalue weighted by Crippen LogP contribution is -2.51. The molecule has 0 bridgehead atoms. The molecule has 1 aromatic rings. The number of hydrogen-bond acceptors (Lipinski definition) is 3. The molecule has 0 aliphatic carbocycles. The second kappa shape index (κ2) is 8.25. The SMILES string of the molecule is COC[C@@H]1CNCC[C@@H]1NC(=O)c1[nH]c(C)c(Cl)c1Cl.Cl. The monoisotopic (exact) mass is 355 g/mol. The van der Waals surface area contributed by atoms with Crippen LogP contribution in [-0.2, 0) is 4.74 Å². The second-order valence-corrected chi connectivity index (χ2v) is 5.80. The van der Waals surface area contributed by atoms with Crippen molar-refractivity contribution in [2.45, 2.75) is 19.4 Å². The van der Waals surface area contributed by atoms with Crippen LogP contribution in [0.2, 0.25) is 10.0 Å². The third kappa shape index (κ3) is 4.27. The maximum Gasteiger partial charge on any atom is 0.269 e. The van der Waals surface area contributed by atoms with Gasteiger partial charge in [-0.15, -0.1) is 12.4 Å². The largest absolute Gasteiger partial charge is 0.384 e. The Labute approximate surface area is 140 Å². The molecule has 0 aromatic carbocycles. The Morgan fingerprint density at radius 3 is 2.71 bits per heavy atom. The zero-order valence-corrected chi connectivity index (χ0v) is 14.3. The van der Waals surface area contributed by atoms with Gasteiger partial charge in [-0.3, -0.25) is 4.79 Å². The van der Waals surface area contributed by atoms with Crippen molar-refractivity contribution in [1.82, 2.24) is 15.6 Å². The van der Waals surface area contributed by atoms with Crippen molar-refractivity contribution in [3.63, 3.8) is 0 Å². The summed E-state index contributed by atoms with van der Waals surface area (Å²) in [6, 6.07) is 0.0714. The van der Waals surface area contributed by atoms with Crippen LogP contribution in [0.15, 0.2) is 0 Å². The van der Waals surface area contributed by atoms with Crippen molar-refractivity contribution in [3.8, 4) is 0 Å². The lowest BCUT2D eigenvalue weighted by Gasteiger charge is -2.32. The molecule has 1 fully saturated rings. The number of halogens is 3. The standard InChI is InChI=1S/C13H19Cl2N3O2.ClH/c1-7-10(14)11(15)12(17-7)13(19)18-9-3-4-16-5-8(9)6-20-2;/h8-9,16-17H,3-6H2,1-2H3,(H,18,19);1H/t8-,9-;/m0./s1. The van der Waals surface area contributed by atoms with Gasteiger partial charge in [0, 0.05) is 31.3 Å². The Morgan fingerprint density at radius 2 is 2.14 bits per heavy atom. The lowest BCUT2D eigenvalue weighted by molar-refractivity contribution is 0.0836. The van der Waals surface area contributed by atoms with Gasteiger partial charge in [-0.2, -0.15) is 0 Å². The molecule has 1 amide bonds. The molecule has 0 unspecified atom stereocenters. The summed E-state index contributed by atoms with van der Waals surface area (Å²) in [5.74, 6) is 0.0287. The van der Waals surface area contributed by atoms with Crippen LogP contribution in [0.4, 0.5) is 0 Å². The molecular formula is C13H20Cl3N3O2. The van der Waals surface area contributed by atoms with Gasteiger partial charge in [-0.25, -0.2) is 0 Å². The van der Waals surface area contributed by atoms with Gasteiger partial charge < -0.3 is 20.4 Å². The van der Waals surface area contributed by atoms with E-state index in [1.807, 2.05) is 0 Å². The van der Waals surface area contributed by atoms with Crippen LogP contribution in [0.5, 0.6) is 0 Å². The van der Waals surface area contributed by atoms with E-state index >= 15 is 0 Å². The van der Waals surface area contributed by atoms with Gasteiger partial charge in [-0.05, 0) is 19.9 Å². The summed E-state index contributed by atoms with van der Waals surface area (Å²) in [5, 5.41) is 6.99. The first-order chi connectivity index (χ1) is 9.54. The average Bonchev–Trinajstić information content (AvgIpc) is 2.69. The van der Waals surface area contributed by atoms with E-state index in [-0.39, 0.29) is 35.3 Å². The number of aromatic nitrogens is 1. The van der Waals surface area contributed by atoms with E-state index in [4.69, 9.17) is 27.9 Å². The molecule has 1 saturated heterocycles. The zero-order chi connectivity index (χ0) is 14.7. The predicted molar refractivity (Wildman–Crippen MR) is 86.9 cm³/mol. The minimum Gasteiger partial charge on any atom is -0.384 e. The summed E-state index contributed by atoms with van der Waals surface area (Å²) in [5.41, 5.74) is 1.02. The Kier molecular flexibility index (Phi) is 7.30. The van der Waals surface area contributed by atoms with Gasteiger partial charge in [0.2, 0.25) is 0 Å². The fraction of sp³-hybridized carbons (Fsp3) is 0.615. The van der Waals surface area contributed by atoms with Gasteiger partial charge in [0.15, 0.2) is 0 Å². The average molecular weight is 357 g/mol. The fourth-order valence-electron chi connectivity index (χ4n) is 2.47. The summed E-state index contributed by atoms with van der Waals surface area (Å²) in [7, 11) is 1.67. The van der Waals surface area contributed by atoms with Crippen LogP contribution in [-0.4, -0.2) is 43.7 Å². The third-order valence-electron chi connectivity index (χ3n) is 3.59. The molecule has 5 nitrogen and oxygen atoms in total. The van der Waals surface area contributed by atoms with E-state index in [1.165, 1.54) is 0 Å². The predicted octanol–water partition coefficient (Wildman–Crippen LogP) is 2.41. The molecule has 8 heteroatoms. The number of nitrogens with one attached hydrogen (secondary N) is 3. The molecule has 3 N–H and O–H groups in total. The Bertz CT molecular complexity index is 491. The summed E-state index contributed by atoms with van der Waals surface area (Å²) < 4.78 is 5.20. The highest BCUT2D eigenvalue weighted by atomic mass is 35.5. The quantitative estimate of drug-likeness (QED) is 0.776. The number of rotatable bonds is 4. The normalized spacial score (nSPS) is 21.7. The van der Waals surface area contributed by atoms with Crippen LogP contribution >= 0.6 is 35.6 Å². The first-order valence-corrected chi connectivity index (χ1v) is 7.34. The molecule has 1 aliphatic rings. The van der Waals surface area contributed by atoms with Gasteiger partial charge in [-0.1, -0.05) is 23.2 Å². The van der Waals surface area contributed by atoms with Crippen molar-refractivity contribution < 1.29 is 9.53 Å². The molecule has 2 rings (SSSR count). The van der Waals surface area contributed by atoms with Gasteiger partial charge >= 0.3 is 0 Å². The number of aryl methyl sites for hydroxylation is 1. The molecule has 120 valence electrons. The Morgan fingerprint density at radius 1 is 1.43 bits per heavy atom. The van der Waals surface area contributed by atoms with Gasteiger partial charge in [0.05, 0.1) is 16.7 Å². The van der Waals surface area contributed by atoms with Crippen molar-refractivity contribution in [2.24, 2.45) is 5.92 Å². The molecule has 1 aliphatic heterocycles. The van der Waals surface area contributed by atoms with Gasteiger partial charge in [0.25, 0.3) is 5.91 Å². The first-order valence-electron chi connectivity index (χ1n) is 6.58. The lowest BCUT2D eigenvalue weighted by atomic mass is 9.94. The minimum atomic E-state index is -0.224. The van der Waals surface area contributed by atoms with E-state index in [2.05, 4.69) is 15.6 Å². The number of piperidine rings is 1. The molecule has 0 spiro atoms. The highest BCUT2D eigenvalue weighted by Gasteiger charge is 2.28. The highest BCUT2D eigenvalue weighted by Crippen LogP contribution is 2.29. The van der Waals surface area contributed by atoms with Crippen LogP contribution in [0, 0.1) is 12.8 Å². The van der Waals surface area contributed by atoms with Crippen molar-refractivity contribution in [3.05, 3.63) is 21.4 Å². The maximum atomic E-state index is 12.3. The molecular weight excluding hydrogens is 337 g/mol. The van der Waals surface area contributed by atoms with Crippen molar-refractivity contribution >= 4 is 41.5 Å². The summed E-state index contributed by atoms with van der Waals surface area (Å²) in [4.78, 5) is 15.2. The molecule has 0 radical (unpaired) electrons.